The maximum Gasteiger partial charge on any atom is 0.214 e. The quantitative estimate of drug-likeness (QED) is 0.816. The van der Waals surface area contributed by atoms with Gasteiger partial charge >= 0.3 is 0 Å². The Morgan fingerprint density at radius 1 is 1.45 bits per heavy atom. The van der Waals surface area contributed by atoms with E-state index < -0.39 is 10.0 Å². The van der Waals surface area contributed by atoms with Gasteiger partial charge < -0.3 is 5.11 Å². The number of thiophene rings is 1. The van der Waals surface area contributed by atoms with Crippen LogP contribution >= 0.6 is 11.3 Å². The van der Waals surface area contributed by atoms with E-state index in [4.69, 9.17) is 5.11 Å². The van der Waals surface area contributed by atoms with Crippen LogP contribution in [0.3, 0.4) is 0 Å². The van der Waals surface area contributed by atoms with Crippen LogP contribution in [0.25, 0.3) is 0 Å². The summed E-state index contributed by atoms with van der Waals surface area (Å²) in [6.07, 6.45) is 0.454. The molecule has 0 radical (unpaired) electrons. The molecule has 0 aliphatic rings. The van der Waals surface area contributed by atoms with Crippen LogP contribution in [0.15, 0.2) is 11.4 Å². The first-order valence-corrected chi connectivity index (χ1v) is 8.95. The Hall–Kier alpha value is -0.870. The number of aliphatic hydroxyl groups is 1. The highest BCUT2D eigenvalue weighted by Gasteiger charge is 2.19. The minimum absolute atomic E-state index is 0.0570. The van der Waals surface area contributed by atoms with Crippen LogP contribution in [-0.2, 0) is 16.6 Å². The highest BCUT2D eigenvalue weighted by atomic mass is 32.2. The van der Waals surface area contributed by atoms with Gasteiger partial charge in [-0.25, -0.2) is 12.7 Å². The van der Waals surface area contributed by atoms with Crippen LogP contribution in [0.1, 0.15) is 30.7 Å². The molecule has 112 valence electrons. The Kier molecular flexibility index (Phi) is 6.69. The van der Waals surface area contributed by atoms with E-state index in [1.165, 1.54) is 15.6 Å². The molecule has 0 amide bonds. The first-order chi connectivity index (χ1) is 9.35. The third-order valence-electron chi connectivity index (χ3n) is 2.53. The third kappa shape index (κ3) is 5.63. The van der Waals surface area contributed by atoms with Gasteiger partial charge in [-0.05, 0) is 22.9 Å². The largest absolute Gasteiger partial charge is 0.395 e. The molecule has 20 heavy (non-hydrogen) atoms. The SMILES string of the molecule is CC(C)CS(=O)(=O)N(C)Cc1csc(C#CCCO)c1. The Morgan fingerprint density at radius 3 is 2.75 bits per heavy atom. The number of nitrogens with zero attached hydrogens (tertiary/aromatic N) is 1. The van der Waals surface area contributed by atoms with Gasteiger partial charge in [-0.2, -0.15) is 0 Å². The molecule has 1 aromatic heterocycles. The number of sulfonamides is 1. The molecule has 0 saturated carbocycles. The molecule has 1 aromatic rings. The van der Waals surface area contributed by atoms with Gasteiger partial charge in [0.1, 0.15) is 0 Å². The van der Waals surface area contributed by atoms with Crippen molar-refractivity contribution < 1.29 is 13.5 Å². The molecule has 0 aromatic carbocycles. The first-order valence-electron chi connectivity index (χ1n) is 6.46. The molecule has 0 unspecified atom stereocenters. The summed E-state index contributed by atoms with van der Waals surface area (Å²) in [5.41, 5.74) is 0.943. The summed E-state index contributed by atoms with van der Waals surface area (Å²) in [6.45, 7) is 4.21. The molecule has 1 N–H and O–H groups in total. The number of hydrogen-bond acceptors (Lipinski definition) is 4. The van der Waals surface area contributed by atoms with E-state index in [0.717, 1.165) is 10.4 Å². The van der Waals surface area contributed by atoms with Gasteiger partial charge in [0.25, 0.3) is 0 Å². The van der Waals surface area contributed by atoms with E-state index >= 15 is 0 Å². The van der Waals surface area contributed by atoms with Crippen LogP contribution < -0.4 is 0 Å². The Morgan fingerprint density at radius 2 is 2.15 bits per heavy atom. The summed E-state index contributed by atoms with van der Waals surface area (Å²) < 4.78 is 25.5. The zero-order valence-corrected chi connectivity index (χ0v) is 13.7. The molecule has 0 bridgehead atoms. The average Bonchev–Trinajstić information content (AvgIpc) is 2.75. The second-order valence-electron chi connectivity index (χ2n) is 5.02. The lowest BCUT2D eigenvalue weighted by molar-refractivity contribution is 0.305. The van der Waals surface area contributed by atoms with Crippen molar-refractivity contribution in [3.05, 3.63) is 21.9 Å². The lowest BCUT2D eigenvalue weighted by Gasteiger charge is -2.17. The van der Waals surface area contributed by atoms with E-state index in [9.17, 15) is 8.42 Å². The Bertz CT molecular complexity index is 579. The maximum atomic E-state index is 12.0. The predicted octanol–water partition coefficient (Wildman–Crippen LogP) is 1.90. The fraction of sp³-hybridized carbons (Fsp3) is 0.571. The van der Waals surface area contributed by atoms with Crippen molar-refractivity contribution in [1.82, 2.24) is 4.31 Å². The summed E-state index contributed by atoms with van der Waals surface area (Å²) >= 11 is 1.49. The smallest absolute Gasteiger partial charge is 0.214 e. The van der Waals surface area contributed by atoms with Crippen molar-refractivity contribution in [2.24, 2.45) is 5.92 Å². The normalized spacial score (nSPS) is 11.7. The Balaban J connectivity index is 2.68. The molecule has 0 atom stereocenters. The molecule has 0 fully saturated rings. The summed E-state index contributed by atoms with van der Waals surface area (Å²) in [5.74, 6) is 6.08. The first kappa shape index (κ1) is 17.2. The molecular weight excluding hydrogens is 294 g/mol. The van der Waals surface area contributed by atoms with Gasteiger partial charge in [-0.1, -0.05) is 25.7 Å². The van der Waals surface area contributed by atoms with Crippen LogP contribution in [0, 0.1) is 17.8 Å². The number of hydrogen-bond donors (Lipinski definition) is 1. The molecule has 1 rings (SSSR count). The standard InChI is InChI=1S/C14H21NO3S2/c1-12(2)11-20(17,18)15(3)9-13-8-14(19-10-13)6-4-5-7-16/h8,10,12,16H,5,7,9,11H2,1-3H3. The van der Waals surface area contributed by atoms with Crippen LogP contribution in [0.2, 0.25) is 0 Å². The lowest BCUT2D eigenvalue weighted by atomic mass is 10.3. The van der Waals surface area contributed by atoms with E-state index in [0.29, 0.717) is 13.0 Å². The van der Waals surface area contributed by atoms with Crippen molar-refractivity contribution in [3.8, 4) is 11.8 Å². The number of rotatable bonds is 6. The molecular formula is C14H21NO3S2. The van der Waals surface area contributed by atoms with Gasteiger partial charge in [0.2, 0.25) is 10.0 Å². The van der Waals surface area contributed by atoms with E-state index in [-0.39, 0.29) is 18.3 Å². The third-order valence-corrected chi connectivity index (χ3v) is 5.59. The van der Waals surface area contributed by atoms with Crippen LogP contribution in [-0.4, -0.2) is 37.2 Å². The van der Waals surface area contributed by atoms with Gasteiger partial charge in [0.15, 0.2) is 0 Å². The molecule has 0 aliphatic carbocycles. The molecule has 0 aliphatic heterocycles. The van der Waals surface area contributed by atoms with Gasteiger partial charge in [0.05, 0.1) is 17.2 Å². The summed E-state index contributed by atoms with van der Waals surface area (Å²) in [5, 5.41) is 10.6. The fourth-order valence-corrected chi connectivity index (χ4v) is 3.85. The number of aliphatic hydroxyl groups excluding tert-OH is 1. The monoisotopic (exact) mass is 315 g/mol. The van der Waals surface area contributed by atoms with Crippen LogP contribution in [0.4, 0.5) is 0 Å². The van der Waals surface area contributed by atoms with Gasteiger partial charge in [-0.3, -0.25) is 0 Å². The molecule has 0 spiro atoms. The van der Waals surface area contributed by atoms with Crippen molar-refractivity contribution in [2.75, 3.05) is 19.4 Å². The van der Waals surface area contributed by atoms with Crippen molar-refractivity contribution in [1.29, 1.82) is 0 Å². The average molecular weight is 315 g/mol. The molecule has 1 heterocycles. The fourth-order valence-electron chi connectivity index (χ4n) is 1.63. The van der Waals surface area contributed by atoms with Crippen molar-refractivity contribution in [2.45, 2.75) is 26.8 Å². The Labute approximate surface area is 125 Å². The minimum Gasteiger partial charge on any atom is -0.395 e. The molecule has 4 nitrogen and oxygen atoms in total. The van der Waals surface area contributed by atoms with Gasteiger partial charge in [0, 0.05) is 20.0 Å². The lowest BCUT2D eigenvalue weighted by Crippen LogP contribution is -2.30. The van der Waals surface area contributed by atoms with Crippen LogP contribution in [0.5, 0.6) is 0 Å². The van der Waals surface area contributed by atoms with Crippen molar-refractivity contribution in [3.63, 3.8) is 0 Å². The highest BCUT2D eigenvalue weighted by molar-refractivity contribution is 7.89. The topological polar surface area (TPSA) is 57.6 Å². The molecule has 6 heteroatoms. The second-order valence-corrected chi connectivity index (χ2v) is 8.05. The second kappa shape index (κ2) is 7.79. The zero-order chi connectivity index (χ0) is 15.2. The summed E-state index contributed by atoms with van der Waals surface area (Å²) in [7, 11) is -1.60. The van der Waals surface area contributed by atoms with Gasteiger partial charge in [-0.15, -0.1) is 11.3 Å². The molecule has 0 saturated heterocycles. The summed E-state index contributed by atoms with van der Waals surface area (Å²) in [6, 6.07) is 1.90. The van der Waals surface area contributed by atoms with Crippen molar-refractivity contribution >= 4 is 21.4 Å². The van der Waals surface area contributed by atoms with E-state index in [1.54, 1.807) is 7.05 Å². The highest BCUT2D eigenvalue weighted by Crippen LogP contribution is 2.17. The summed E-state index contributed by atoms with van der Waals surface area (Å²) in [4.78, 5) is 0.892. The maximum absolute atomic E-state index is 12.0. The van der Waals surface area contributed by atoms with E-state index in [2.05, 4.69) is 11.8 Å². The minimum atomic E-state index is -3.20. The zero-order valence-electron chi connectivity index (χ0n) is 12.1. The predicted molar refractivity (Wildman–Crippen MR) is 83.0 cm³/mol. The van der Waals surface area contributed by atoms with E-state index in [1.807, 2.05) is 25.3 Å².